The first kappa shape index (κ1) is 14.2. The van der Waals surface area contributed by atoms with Crippen molar-refractivity contribution in [2.45, 2.75) is 25.2 Å². The zero-order chi connectivity index (χ0) is 13.0. The summed E-state index contributed by atoms with van der Waals surface area (Å²) in [5.41, 5.74) is 11.8. The van der Waals surface area contributed by atoms with Gasteiger partial charge in [-0.25, -0.2) is 0 Å². The van der Waals surface area contributed by atoms with E-state index in [2.05, 4.69) is 18.7 Å². The van der Waals surface area contributed by atoms with Crippen LogP contribution in [0.25, 0.3) is 0 Å². The van der Waals surface area contributed by atoms with E-state index < -0.39 is 5.91 Å². The molecule has 0 saturated heterocycles. The Labute approximate surface area is 110 Å². The minimum Gasteiger partial charge on any atom is -0.396 e. The average molecular weight is 273 g/mol. The van der Waals surface area contributed by atoms with Gasteiger partial charge in [-0.1, -0.05) is 6.92 Å². The van der Waals surface area contributed by atoms with Crippen LogP contribution in [0.4, 0.5) is 10.7 Å². The summed E-state index contributed by atoms with van der Waals surface area (Å²) in [6.07, 6.45) is 3.03. The van der Waals surface area contributed by atoms with Crippen molar-refractivity contribution in [2.24, 2.45) is 5.73 Å². The number of thiophene rings is 1. The summed E-state index contributed by atoms with van der Waals surface area (Å²) in [5.74, 6) is -0.443. The molecule has 4 nitrogen and oxygen atoms in total. The van der Waals surface area contributed by atoms with Gasteiger partial charge in [0.25, 0.3) is 5.91 Å². The molecule has 0 atom stereocenters. The molecule has 96 valence electrons. The third-order valence-electron chi connectivity index (χ3n) is 2.47. The fourth-order valence-corrected chi connectivity index (χ4v) is 3.80. The predicted molar refractivity (Wildman–Crippen MR) is 77.2 cm³/mol. The van der Waals surface area contributed by atoms with Crippen LogP contribution >= 0.6 is 23.1 Å². The standard InChI is InChI=1S/C11H19N3OS2/c1-4-6-14(5-2)11-9(16-3)7(12)8(17-11)10(13)15/h4-6,12H2,1-3H3,(H2,13,15). The van der Waals surface area contributed by atoms with Crippen LogP contribution in [-0.4, -0.2) is 25.3 Å². The molecule has 1 amide bonds. The Morgan fingerprint density at radius 2 is 2.12 bits per heavy atom. The number of primary amides is 1. The number of nitrogen functional groups attached to an aromatic ring is 1. The predicted octanol–water partition coefficient (Wildman–Crippen LogP) is 2.39. The molecule has 0 bridgehead atoms. The van der Waals surface area contributed by atoms with Crippen molar-refractivity contribution in [3.63, 3.8) is 0 Å². The van der Waals surface area contributed by atoms with E-state index in [4.69, 9.17) is 11.5 Å². The molecule has 0 aliphatic heterocycles. The van der Waals surface area contributed by atoms with Gasteiger partial charge in [0.05, 0.1) is 10.6 Å². The lowest BCUT2D eigenvalue weighted by atomic mass is 10.3. The van der Waals surface area contributed by atoms with Gasteiger partial charge in [-0.15, -0.1) is 23.1 Å². The Bertz CT molecular complexity index is 404. The third kappa shape index (κ3) is 2.87. The van der Waals surface area contributed by atoms with E-state index >= 15 is 0 Å². The summed E-state index contributed by atoms with van der Waals surface area (Å²) in [5, 5.41) is 1.06. The van der Waals surface area contributed by atoms with E-state index in [1.807, 2.05) is 6.26 Å². The number of carbonyl (C=O) groups is 1. The second-order valence-corrected chi connectivity index (χ2v) is 5.44. The molecule has 1 aromatic heterocycles. The Morgan fingerprint density at radius 3 is 2.53 bits per heavy atom. The number of amides is 1. The molecule has 0 radical (unpaired) electrons. The highest BCUT2D eigenvalue weighted by atomic mass is 32.2. The summed E-state index contributed by atoms with van der Waals surface area (Å²) in [7, 11) is 0. The van der Waals surface area contributed by atoms with Gasteiger partial charge in [0, 0.05) is 13.1 Å². The molecule has 0 spiro atoms. The summed E-state index contributed by atoms with van der Waals surface area (Å²) in [4.78, 5) is 15.0. The second kappa shape index (κ2) is 6.16. The van der Waals surface area contributed by atoms with Crippen LogP contribution in [-0.2, 0) is 0 Å². The Hall–Kier alpha value is -0.880. The van der Waals surface area contributed by atoms with Crippen molar-refractivity contribution in [1.82, 2.24) is 0 Å². The van der Waals surface area contributed by atoms with Crippen LogP contribution in [0.15, 0.2) is 4.90 Å². The molecule has 0 aromatic carbocycles. The van der Waals surface area contributed by atoms with Crippen LogP contribution in [0.1, 0.15) is 29.9 Å². The molecular formula is C11H19N3OS2. The molecule has 0 unspecified atom stereocenters. The van der Waals surface area contributed by atoms with Crippen molar-refractivity contribution in [3.05, 3.63) is 4.88 Å². The van der Waals surface area contributed by atoms with Crippen LogP contribution < -0.4 is 16.4 Å². The normalized spacial score (nSPS) is 10.5. The van der Waals surface area contributed by atoms with E-state index in [-0.39, 0.29) is 0 Å². The SMILES string of the molecule is CCCN(CC)c1sc(C(N)=O)c(N)c1SC. The number of anilines is 2. The smallest absolute Gasteiger partial charge is 0.261 e. The topological polar surface area (TPSA) is 72.3 Å². The summed E-state index contributed by atoms with van der Waals surface area (Å²) in [6, 6.07) is 0. The van der Waals surface area contributed by atoms with Crippen molar-refractivity contribution >= 4 is 39.7 Å². The minimum absolute atomic E-state index is 0.443. The molecule has 1 rings (SSSR count). The Morgan fingerprint density at radius 1 is 1.47 bits per heavy atom. The zero-order valence-corrected chi connectivity index (χ0v) is 12.1. The van der Waals surface area contributed by atoms with Crippen molar-refractivity contribution in [2.75, 3.05) is 30.0 Å². The number of thioether (sulfide) groups is 1. The Kier molecular flexibility index (Phi) is 5.14. The maximum atomic E-state index is 11.3. The highest BCUT2D eigenvalue weighted by molar-refractivity contribution is 7.99. The maximum absolute atomic E-state index is 11.3. The first-order valence-corrected chi connectivity index (χ1v) is 7.61. The maximum Gasteiger partial charge on any atom is 0.261 e. The van der Waals surface area contributed by atoms with Gasteiger partial charge in [0.15, 0.2) is 0 Å². The van der Waals surface area contributed by atoms with E-state index in [9.17, 15) is 4.79 Å². The molecule has 17 heavy (non-hydrogen) atoms. The second-order valence-electron chi connectivity index (χ2n) is 3.63. The molecule has 6 heteroatoms. The molecular weight excluding hydrogens is 254 g/mol. The highest BCUT2D eigenvalue weighted by Crippen LogP contribution is 2.43. The van der Waals surface area contributed by atoms with Gasteiger partial charge in [-0.05, 0) is 19.6 Å². The van der Waals surface area contributed by atoms with Gasteiger partial charge < -0.3 is 16.4 Å². The van der Waals surface area contributed by atoms with Crippen molar-refractivity contribution < 1.29 is 4.79 Å². The Balaban J connectivity index is 3.22. The molecule has 4 N–H and O–H groups in total. The summed E-state index contributed by atoms with van der Waals surface area (Å²) < 4.78 is 0. The van der Waals surface area contributed by atoms with E-state index in [0.717, 1.165) is 29.4 Å². The van der Waals surface area contributed by atoms with Crippen molar-refractivity contribution in [1.29, 1.82) is 0 Å². The lowest BCUT2D eigenvalue weighted by Crippen LogP contribution is -2.22. The van der Waals surface area contributed by atoms with E-state index in [0.29, 0.717) is 10.6 Å². The quantitative estimate of drug-likeness (QED) is 0.781. The van der Waals surface area contributed by atoms with Crippen molar-refractivity contribution in [3.8, 4) is 0 Å². The number of carbonyl (C=O) groups excluding carboxylic acids is 1. The minimum atomic E-state index is -0.443. The van der Waals surface area contributed by atoms with Crippen LogP contribution in [0.2, 0.25) is 0 Å². The monoisotopic (exact) mass is 273 g/mol. The number of hydrogen-bond donors (Lipinski definition) is 2. The molecule has 0 aliphatic rings. The molecule has 0 fully saturated rings. The van der Waals surface area contributed by atoms with Gasteiger partial charge in [0.2, 0.25) is 0 Å². The van der Waals surface area contributed by atoms with Gasteiger partial charge in [-0.2, -0.15) is 0 Å². The van der Waals surface area contributed by atoms with Gasteiger partial charge in [0.1, 0.15) is 9.88 Å². The van der Waals surface area contributed by atoms with Gasteiger partial charge >= 0.3 is 0 Å². The molecule has 0 aliphatic carbocycles. The van der Waals surface area contributed by atoms with Crippen LogP contribution in [0, 0.1) is 0 Å². The fraction of sp³-hybridized carbons (Fsp3) is 0.545. The largest absolute Gasteiger partial charge is 0.396 e. The average Bonchev–Trinajstić information content (AvgIpc) is 2.63. The van der Waals surface area contributed by atoms with E-state index in [1.165, 1.54) is 11.3 Å². The van der Waals surface area contributed by atoms with Gasteiger partial charge in [-0.3, -0.25) is 4.79 Å². The summed E-state index contributed by atoms with van der Waals surface area (Å²) in [6.45, 7) is 6.09. The number of hydrogen-bond acceptors (Lipinski definition) is 5. The number of nitrogens with two attached hydrogens (primary N) is 2. The summed E-state index contributed by atoms with van der Waals surface area (Å²) >= 11 is 2.96. The lowest BCUT2D eigenvalue weighted by molar-refractivity contribution is 0.100. The first-order chi connectivity index (χ1) is 8.06. The fourth-order valence-electron chi connectivity index (χ4n) is 1.68. The molecule has 1 aromatic rings. The third-order valence-corrected chi connectivity index (χ3v) is 4.70. The first-order valence-electron chi connectivity index (χ1n) is 5.57. The molecule has 1 heterocycles. The highest BCUT2D eigenvalue weighted by Gasteiger charge is 2.21. The number of nitrogens with zero attached hydrogens (tertiary/aromatic N) is 1. The number of rotatable bonds is 6. The molecule has 0 saturated carbocycles. The zero-order valence-electron chi connectivity index (χ0n) is 10.4. The lowest BCUT2D eigenvalue weighted by Gasteiger charge is -2.21. The van der Waals surface area contributed by atoms with E-state index in [1.54, 1.807) is 11.8 Å². The van der Waals surface area contributed by atoms with Crippen LogP contribution in [0.3, 0.4) is 0 Å². The van der Waals surface area contributed by atoms with Crippen LogP contribution in [0.5, 0.6) is 0 Å².